The van der Waals surface area contributed by atoms with Crippen molar-refractivity contribution in [1.82, 2.24) is 5.43 Å². The van der Waals surface area contributed by atoms with Gasteiger partial charge in [-0.25, -0.2) is 0 Å². The Hall–Kier alpha value is -1.12. The minimum absolute atomic E-state index is 0.304. The first-order chi connectivity index (χ1) is 5.77. The number of rotatable bonds is 0. The molecule has 1 N–H and O–H groups in total. The van der Waals surface area contributed by atoms with Crippen molar-refractivity contribution in [2.24, 2.45) is 5.10 Å². The Bertz CT molecular complexity index is 289. The van der Waals surface area contributed by atoms with Crippen molar-refractivity contribution in [3.05, 3.63) is 11.3 Å². The van der Waals surface area contributed by atoms with Gasteiger partial charge in [-0.05, 0) is 19.8 Å². The molecule has 0 saturated heterocycles. The molecule has 0 saturated carbocycles. The van der Waals surface area contributed by atoms with Crippen LogP contribution in [0.2, 0.25) is 0 Å². The van der Waals surface area contributed by atoms with Crippen LogP contribution in [-0.4, -0.2) is 11.5 Å². The fourth-order valence-electron chi connectivity index (χ4n) is 1.68. The van der Waals surface area contributed by atoms with Crippen molar-refractivity contribution in [2.75, 3.05) is 0 Å². The smallest absolute Gasteiger partial charge is 0.161 e. The Balaban J connectivity index is 2.28. The molecule has 0 spiro atoms. The molecule has 64 valence electrons. The molecule has 0 amide bonds. The Kier molecular flexibility index (Phi) is 1.71. The van der Waals surface area contributed by atoms with Gasteiger partial charge in [0.25, 0.3) is 0 Å². The van der Waals surface area contributed by atoms with Crippen molar-refractivity contribution in [3.8, 4) is 0 Å². The second-order valence-electron chi connectivity index (χ2n) is 3.37. The second kappa shape index (κ2) is 2.73. The number of nitrogens with zero attached hydrogens (tertiary/aromatic N) is 1. The largest absolute Gasteiger partial charge is 0.294 e. The zero-order chi connectivity index (χ0) is 8.55. The number of carbonyl (C=O) groups is 1. The summed E-state index contributed by atoms with van der Waals surface area (Å²) in [5.41, 5.74) is 5.97. The van der Waals surface area contributed by atoms with Crippen LogP contribution in [0, 0.1) is 0 Å². The Morgan fingerprint density at radius 1 is 1.42 bits per heavy atom. The highest BCUT2D eigenvalue weighted by atomic mass is 16.1. The average molecular weight is 164 g/mol. The number of ketones is 1. The number of carbonyl (C=O) groups excluding carboxylic acids is 1. The highest BCUT2D eigenvalue weighted by Crippen LogP contribution is 2.25. The number of hydrogen-bond acceptors (Lipinski definition) is 3. The number of Topliss-reactive ketones (excluding diaryl/α,β-unsaturated/α-hetero) is 1. The van der Waals surface area contributed by atoms with E-state index in [1.54, 1.807) is 0 Å². The summed E-state index contributed by atoms with van der Waals surface area (Å²) in [4.78, 5) is 11.4. The Labute approximate surface area is 71.5 Å². The second-order valence-corrected chi connectivity index (χ2v) is 3.37. The summed E-state index contributed by atoms with van der Waals surface area (Å²) in [7, 11) is 0. The topological polar surface area (TPSA) is 41.5 Å². The molecule has 3 nitrogen and oxygen atoms in total. The third-order valence-electron chi connectivity index (χ3n) is 2.35. The van der Waals surface area contributed by atoms with Crippen molar-refractivity contribution >= 4 is 11.5 Å². The standard InChI is InChI=1S/C9H12N2O/c1-6-5-7-8(11-10-6)3-2-4-9(7)12/h11H,2-5H2,1H3. The first kappa shape index (κ1) is 7.53. The van der Waals surface area contributed by atoms with Gasteiger partial charge >= 0.3 is 0 Å². The van der Waals surface area contributed by atoms with Gasteiger partial charge in [0.15, 0.2) is 5.78 Å². The summed E-state index contributed by atoms with van der Waals surface area (Å²) in [6.45, 7) is 1.94. The van der Waals surface area contributed by atoms with Crippen LogP contribution in [0.25, 0.3) is 0 Å². The van der Waals surface area contributed by atoms with Crippen molar-refractivity contribution < 1.29 is 4.79 Å². The maximum absolute atomic E-state index is 11.4. The number of nitrogens with one attached hydrogen (secondary N) is 1. The molecule has 0 aromatic rings. The molecule has 3 heteroatoms. The van der Waals surface area contributed by atoms with Gasteiger partial charge in [-0.15, -0.1) is 0 Å². The summed E-state index contributed by atoms with van der Waals surface area (Å²) in [5.74, 6) is 0.304. The van der Waals surface area contributed by atoms with Crippen LogP contribution >= 0.6 is 0 Å². The van der Waals surface area contributed by atoms with Crippen LogP contribution in [0.4, 0.5) is 0 Å². The lowest BCUT2D eigenvalue weighted by Crippen LogP contribution is -2.25. The van der Waals surface area contributed by atoms with E-state index < -0.39 is 0 Å². The zero-order valence-corrected chi connectivity index (χ0v) is 7.18. The predicted molar refractivity (Wildman–Crippen MR) is 46.7 cm³/mol. The maximum atomic E-state index is 11.4. The van der Waals surface area contributed by atoms with Gasteiger partial charge in [0.2, 0.25) is 0 Å². The molecule has 0 fully saturated rings. The van der Waals surface area contributed by atoms with E-state index in [2.05, 4.69) is 10.5 Å². The molecule has 1 heterocycles. The third kappa shape index (κ3) is 1.15. The molecule has 12 heavy (non-hydrogen) atoms. The van der Waals surface area contributed by atoms with Gasteiger partial charge in [0.1, 0.15) is 0 Å². The zero-order valence-electron chi connectivity index (χ0n) is 7.18. The lowest BCUT2D eigenvalue weighted by atomic mass is 9.91. The van der Waals surface area contributed by atoms with Crippen LogP contribution in [0.3, 0.4) is 0 Å². The van der Waals surface area contributed by atoms with Crippen LogP contribution < -0.4 is 5.43 Å². The van der Waals surface area contributed by atoms with Crippen LogP contribution in [0.1, 0.15) is 32.6 Å². The van der Waals surface area contributed by atoms with E-state index in [1.165, 1.54) is 0 Å². The van der Waals surface area contributed by atoms with Gasteiger partial charge in [0.05, 0.1) is 0 Å². The van der Waals surface area contributed by atoms with Crippen LogP contribution in [0.15, 0.2) is 16.4 Å². The van der Waals surface area contributed by atoms with Crippen molar-refractivity contribution in [3.63, 3.8) is 0 Å². The minimum atomic E-state index is 0.304. The first-order valence-electron chi connectivity index (χ1n) is 4.32. The highest BCUT2D eigenvalue weighted by Gasteiger charge is 2.23. The van der Waals surface area contributed by atoms with Gasteiger partial charge in [-0.1, -0.05) is 0 Å². The van der Waals surface area contributed by atoms with E-state index in [0.29, 0.717) is 12.2 Å². The Morgan fingerprint density at radius 3 is 3.08 bits per heavy atom. The normalized spacial score (nSPS) is 23.1. The summed E-state index contributed by atoms with van der Waals surface area (Å²) < 4.78 is 0. The fraction of sp³-hybridized carbons (Fsp3) is 0.556. The first-order valence-corrected chi connectivity index (χ1v) is 4.32. The minimum Gasteiger partial charge on any atom is -0.294 e. The molecule has 0 unspecified atom stereocenters. The van der Waals surface area contributed by atoms with E-state index in [1.807, 2.05) is 6.92 Å². The van der Waals surface area contributed by atoms with Crippen molar-refractivity contribution in [2.45, 2.75) is 32.6 Å². The van der Waals surface area contributed by atoms with E-state index >= 15 is 0 Å². The molecule has 0 aromatic carbocycles. The molecule has 2 aliphatic rings. The summed E-state index contributed by atoms with van der Waals surface area (Å²) in [6, 6.07) is 0. The SMILES string of the molecule is CC1=NNC2=C(C1)C(=O)CCC2. The maximum Gasteiger partial charge on any atom is 0.161 e. The lowest BCUT2D eigenvalue weighted by Gasteiger charge is -2.22. The molecule has 0 radical (unpaired) electrons. The summed E-state index contributed by atoms with van der Waals surface area (Å²) in [6.07, 6.45) is 3.42. The number of hydrogen-bond donors (Lipinski definition) is 1. The number of hydrazone groups is 1. The molecular weight excluding hydrogens is 152 g/mol. The molecule has 0 atom stereocenters. The van der Waals surface area contributed by atoms with E-state index in [9.17, 15) is 4.79 Å². The van der Waals surface area contributed by atoms with Crippen molar-refractivity contribution in [1.29, 1.82) is 0 Å². The van der Waals surface area contributed by atoms with E-state index in [4.69, 9.17) is 0 Å². The lowest BCUT2D eigenvalue weighted by molar-refractivity contribution is -0.116. The molecule has 0 bridgehead atoms. The summed E-state index contributed by atoms with van der Waals surface area (Å²) in [5, 5.41) is 4.11. The third-order valence-corrected chi connectivity index (χ3v) is 2.35. The summed E-state index contributed by atoms with van der Waals surface area (Å²) >= 11 is 0. The molecule has 1 aliphatic heterocycles. The predicted octanol–water partition coefficient (Wildman–Crippen LogP) is 1.36. The highest BCUT2D eigenvalue weighted by molar-refractivity contribution is 6.03. The van der Waals surface area contributed by atoms with Crippen LogP contribution in [-0.2, 0) is 4.79 Å². The molecule has 2 rings (SSSR count). The van der Waals surface area contributed by atoms with E-state index in [0.717, 1.165) is 36.2 Å². The fourth-order valence-corrected chi connectivity index (χ4v) is 1.68. The Morgan fingerprint density at radius 2 is 2.25 bits per heavy atom. The van der Waals surface area contributed by atoms with Gasteiger partial charge in [-0.2, -0.15) is 5.10 Å². The van der Waals surface area contributed by atoms with Gasteiger partial charge in [-0.3, -0.25) is 10.2 Å². The van der Waals surface area contributed by atoms with E-state index in [-0.39, 0.29) is 0 Å². The van der Waals surface area contributed by atoms with Gasteiger partial charge in [0, 0.05) is 29.8 Å². The monoisotopic (exact) mass is 164 g/mol. The quantitative estimate of drug-likeness (QED) is 0.587. The van der Waals surface area contributed by atoms with Gasteiger partial charge < -0.3 is 0 Å². The van der Waals surface area contributed by atoms with Crippen LogP contribution in [0.5, 0.6) is 0 Å². The molecular formula is C9H12N2O. The number of allylic oxidation sites excluding steroid dienone is 2. The molecule has 1 aliphatic carbocycles. The average Bonchev–Trinajstić information content (AvgIpc) is 2.07. The molecule has 0 aromatic heterocycles.